The van der Waals surface area contributed by atoms with Gasteiger partial charge in [0.15, 0.2) is 0 Å². The first-order valence-electron chi connectivity index (χ1n) is 5.80. The molecule has 1 unspecified atom stereocenters. The first-order chi connectivity index (χ1) is 10.2. The van der Waals surface area contributed by atoms with Crippen LogP contribution in [0.25, 0.3) is 0 Å². The zero-order chi connectivity index (χ0) is 18.1. The average molecular weight is 374 g/mol. The van der Waals surface area contributed by atoms with Gasteiger partial charge in [-0.2, -0.15) is 26.3 Å². The first kappa shape index (κ1) is 19.9. The Morgan fingerprint density at radius 3 is 2.09 bits per heavy atom. The Balaban J connectivity index is 3.24. The molecule has 1 saturated heterocycles. The quantitative estimate of drug-likeness (QED) is 0.417. The highest BCUT2D eigenvalue weighted by Gasteiger charge is 2.75. The van der Waals surface area contributed by atoms with E-state index in [1.54, 1.807) is 0 Å². The van der Waals surface area contributed by atoms with Crippen molar-refractivity contribution in [3.8, 4) is 0 Å². The van der Waals surface area contributed by atoms with E-state index in [1.165, 1.54) is 0 Å². The summed E-state index contributed by atoms with van der Waals surface area (Å²) < 4.78 is 117. The topological polar surface area (TPSA) is 105 Å². The maximum Gasteiger partial charge on any atom is 0.438 e. The van der Waals surface area contributed by atoms with Gasteiger partial charge in [-0.1, -0.05) is 0 Å². The summed E-state index contributed by atoms with van der Waals surface area (Å²) in [4.78, 5) is 11.5. The van der Waals surface area contributed by atoms with E-state index in [9.17, 15) is 44.1 Å². The van der Waals surface area contributed by atoms with Crippen LogP contribution in [0.5, 0.6) is 0 Å². The van der Waals surface area contributed by atoms with Gasteiger partial charge >= 0.3 is 23.9 Å². The number of alkyl halides is 6. The van der Waals surface area contributed by atoms with E-state index >= 15 is 0 Å². The molecular formula is C9H10F6NO6S-. The molecule has 0 aromatic rings. The highest BCUT2D eigenvalue weighted by Crippen LogP contribution is 2.47. The number of nitrogens with one attached hydrogen (secondary N) is 1. The monoisotopic (exact) mass is 374 g/mol. The SMILES string of the molecule is O=C(OC(CS(=O)(=O)[O-])(C(F)(F)F)C(F)(F)F)C1COCCN1. The summed E-state index contributed by atoms with van der Waals surface area (Å²) in [5, 5.41) is 2.25. The summed E-state index contributed by atoms with van der Waals surface area (Å²) in [5.41, 5.74) is -5.46. The summed E-state index contributed by atoms with van der Waals surface area (Å²) in [5.74, 6) is -5.06. The van der Waals surface area contributed by atoms with E-state index in [4.69, 9.17) is 0 Å². The molecular weight excluding hydrogens is 364 g/mol. The zero-order valence-electron chi connectivity index (χ0n) is 11.0. The van der Waals surface area contributed by atoms with Gasteiger partial charge in [0.25, 0.3) is 0 Å². The Morgan fingerprint density at radius 2 is 1.74 bits per heavy atom. The molecule has 136 valence electrons. The number of carbonyl (C=O) groups is 1. The number of halogens is 6. The van der Waals surface area contributed by atoms with Gasteiger partial charge in [0.05, 0.1) is 29.1 Å². The largest absolute Gasteiger partial charge is 0.748 e. The molecule has 1 fully saturated rings. The van der Waals surface area contributed by atoms with Crippen LogP contribution in [0.1, 0.15) is 0 Å². The minimum Gasteiger partial charge on any atom is -0.748 e. The van der Waals surface area contributed by atoms with Crippen molar-refractivity contribution in [3.63, 3.8) is 0 Å². The summed E-state index contributed by atoms with van der Waals surface area (Å²) in [7, 11) is -6.04. The Bertz CT molecular complexity index is 524. The molecule has 0 aromatic carbocycles. The normalized spacial score (nSPS) is 21.1. The Hall–Kier alpha value is -1.12. The van der Waals surface area contributed by atoms with E-state index in [-0.39, 0.29) is 13.2 Å². The maximum atomic E-state index is 12.9. The van der Waals surface area contributed by atoms with Crippen molar-refractivity contribution in [2.24, 2.45) is 0 Å². The van der Waals surface area contributed by atoms with Crippen LogP contribution in [0.3, 0.4) is 0 Å². The number of hydrogen-bond acceptors (Lipinski definition) is 7. The Labute approximate surface area is 125 Å². The van der Waals surface area contributed by atoms with E-state index in [0.29, 0.717) is 0 Å². The molecule has 1 aliphatic heterocycles. The fourth-order valence-corrected chi connectivity index (χ4v) is 2.56. The van der Waals surface area contributed by atoms with Crippen LogP contribution in [-0.2, 0) is 24.4 Å². The van der Waals surface area contributed by atoms with E-state index in [1.807, 2.05) is 0 Å². The molecule has 0 amide bonds. The van der Waals surface area contributed by atoms with Gasteiger partial charge in [-0.3, -0.25) is 4.79 Å². The Morgan fingerprint density at radius 1 is 1.22 bits per heavy atom. The van der Waals surface area contributed by atoms with Gasteiger partial charge in [-0.15, -0.1) is 0 Å². The molecule has 0 aliphatic carbocycles. The van der Waals surface area contributed by atoms with Crippen molar-refractivity contribution >= 4 is 16.1 Å². The second-order valence-electron chi connectivity index (χ2n) is 4.53. The standard InChI is InChI=1S/C9H11F6NO6S/c10-8(11,12)7(9(13,14)15,4-23(18,19)20)22-6(17)5-3-21-2-1-16-5/h5,16H,1-4H2,(H,18,19,20)/p-1. The average Bonchev–Trinajstić information content (AvgIpc) is 2.34. The van der Waals surface area contributed by atoms with Gasteiger partial charge in [0.2, 0.25) is 0 Å². The zero-order valence-corrected chi connectivity index (χ0v) is 11.8. The number of morpholine rings is 1. The van der Waals surface area contributed by atoms with Crippen LogP contribution in [0, 0.1) is 0 Å². The number of ether oxygens (including phenoxy) is 2. The number of hydrogen-bond donors (Lipinski definition) is 1. The molecule has 0 bridgehead atoms. The van der Waals surface area contributed by atoms with Crippen LogP contribution in [0.2, 0.25) is 0 Å². The van der Waals surface area contributed by atoms with Gasteiger partial charge in [-0.25, -0.2) is 8.42 Å². The van der Waals surface area contributed by atoms with Gasteiger partial charge in [0.1, 0.15) is 6.04 Å². The van der Waals surface area contributed by atoms with Crippen LogP contribution >= 0.6 is 0 Å². The smallest absolute Gasteiger partial charge is 0.438 e. The third-order valence-electron chi connectivity index (χ3n) is 2.78. The van der Waals surface area contributed by atoms with Crippen molar-refractivity contribution in [2.75, 3.05) is 25.5 Å². The highest BCUT2D eigenvalue weighted by atomic mass is 32.2. The van der Waals surface area contributed by atoms with Gasteiger partial charge in [-0.05, 0) is 0 Å². The molecule has 0 spiro atoms. The van der Waals surface area contributed by atoms with E-state index in [0.717, 1.165) is 0 Å². The molecule has 0 aromatic heterocycles. The van der Waals surface area contributed by atoms with Crippen molar-refractivity contribution in [1.29, 1.82) is 0 Å². The molecule has 23 heavy (non-hydrogen) atoms. The predicted molar refractivity (Wildman–Crippen MR) is 58.1 cm³/mol. The molecule has 14 heteroatoms. The summed E-state index contributed by atoms with van der Waals surface area (Å²) in [6.45, 7) is -0.568. The third-order valence-corrected chi connectivity index (χ3v) is 3.54. The molecule has 0 radical (unpaired) electrons. The molecule has 1 heterocycles. The fourth-order valence-electron chi connectivity index (χ4n) is 1.68. The van der Waals surface area contributed by atoms with Crippen LogP contribution < -0.4 is 5.32 Å². The number of esters is 1. The first-order valence-corrected chi connectivity index (χ1v) is 7.38. The minimum absolute atomic E-state index is 0.0509. The number of rotatable bonds is 4. The van der Waals surface area contributed by atoms with Gasteiger partial charge < -0.3 is 19.3 Å². The molecule has 7 nitrogen and oxygen atoms in total. The van der Waals surface area contributed by atoms with Crippen molar-refractivity contribution in [1.82, 2.24) is 5.32 Å². The molecule has 1 aliphatic rings. The fraction of sp³-hybridized carbons (Fsp3) is 0.889. The third kappa shape index (κ3) is 4.68. The number of carbonyl (C=O) groups excluding carboxylic acids is 1. The van der Waals surface area contributed by atoms with Gasteiger partial charge in [0, 0.05) is 6.54 Å². The van der Waals surface area contributed by atoms with E-state index < -0.39 is 52.4 Å². The highest BCUT2D eigenvalue weighted by molar-refractivity contribution is 7.85. The Kier molecular flexibility index (Phi) is 5.55. The summed E-state index contributed by atoms with van der Waals surface area (Å²) >= 11 is 0. The maximum absolute atomic E-state index is 12.9. The lowest BCUT2D eigenvalue weighted by Gasteiger charge is -2.38. The second-order valence-corrected chi connectivity index (χ2v) is 5.93. The van der Waals surface area contributed by atoms with Crippen LogP contribution in [-0.4, -0.2) is 68.4 Å². The van der Waals surface area contributed by atoms with E-state index in [2.05, 4.69) is 14.8 Å². The van der Waals surface area contributed by atoms with Crippen molar-refractivity contribution in [2.45, 2.75) is 24.0 Å². The molecule has 0 saturated carbocycles. The summed E-state index contributed by atoms with van der Waals surface area (Å²) in [6.07, 6.45) is -12.8. The molecule has 1 atom stereocenters. The molecule has 1 rings (SSSR count). The lowest BCUT2D eigenvalue weighted by Crippen LogP contribution is -2.65. The molecule has 1 N–H and O–H groups in total. The second kappa shape index (κ2) is 6.41. The van der Waals surface area contributed by atoms with Crippen LogP contribution in [0.4, 0.5) is 26.3 Å². The van der Waals surface area contributed by atoms with Crippen molar-refractivity contribution in [3.05, 3.63) is 0 Å². The predicted octanol–water partition coefficient (Wildman–Crippen LogP) is -0.0734. The lowest BCUT2D eigenvalue weighted by molar-refractivity contribution is -0.362. The van der Waals surface area contributed by atoms with Crippen LogP contribution in [0.15, 0.2) is 0 Å². The lowest BCUT2D eigenvalue weighted by atomic mass is 10.1. The minimum atomic E-state index is -6.38. The summed E-state index contributed by atoms with van der Waals surface area (Å²) in [6, 6.07) is -1.66. The van der Waals surface area contributed by atoms with Crippen molar-refractivity contribution < 1.29 is 53.6 Å².